The summed E-state index contributed by atoms with van der Waals surface area (Å²) in [6, 6.07) is 3.43. The Morgan fingerprint density at radius 1 is 1.42 bits per heavy atom. The van der Waals surface area contributed by atoms with E-state index in [1.807, 2.05) is 0 Å². The van der Waals surface area contributed by atoms with Gasteiger partial charge in [0.1, 0.15) is 17.3 Å². The molecular formula is C14H14Cl2N4O4. The molecule has 0 aliphatic carbocycles. The molecule has 2 rings (SSSR count). The van der Waals surface area contributed by atoms with Crippen molar-refractivity contribution in [2.75, 3.05) is 13.6 Å². The second-order valence-corrected chi connectivity index (χ2v) is 5.66. The predicted molar refractivity (Wildman–Crippen MR) is 86.7 cm³/mol. The fraction of sp³-hybridized carbons (Fsp3) is 0.286. The lowest BCUT2D eigenvalue weighted by Crippen LogP contribution is -2.41. The molecule has 1 N–H and O–H groups in total. The van der Waals surface area contributed by atoms with Crippen molar-refractivity contribution in [2.45, 2.75) is 13.1 Å². The number of hydrogen-bond donors (Lipinski definition) is 1. The molecule has 0 unspecified atom stereocenters. The third kappa shape index (κ3) is 4.59. The average molecular weight is 373 g/mol. The summed E-state index contributed by atoms with van der Waals surface area (Å²) in [6.45, 7) is -0.297. The van der Waals surface area contributed by atoms with Crippen molar-refractivity contribution in [3.8, 4) is 0 Å². The van der Waals surface area contributed by atoms with Crippen molar-refractivity contribution in [1.29, 1.82) is 0 Å². The number of aromatic nitrogens is 2. The Balaban J connectivity index is 1.89. The first-order valence-electron chi connectivity index (χ1n) is 6.82. The highest BCUT2D eigenvalue weighted by Crippen LogP contribution is 2.14. The molecule has 0 aliphatic heterocycles. The Bertz CT molecular complexity index is 789. The molecule has 0 fully saturated rings. The monoisotopic (exact) mass is 372 g/mol. The van der Waals surface area contributed by atoms with Crippen molar-refractivity contribution < 1.29 is 14.0 Å². The van der Waals surface area contributed by atoms with Gasteiger partial charge in [-0.1, -0.05) is 23.2 Å². The Morgan fingerprint density at radius 3 is 2.83 bits per heavy atom. The average Bonchev–Trinajstić information content (AvgIpc) is 3.07. The predicted octanol–water partition coefficient (Wildman–Crippen LogP) is 0.918. The number of carbonyl (C=O) groups is 2. The summed E-state index contributed by atoms with van der Waals surface area (Å²) in [4.78, 5) is 36.9. The maximum Gasteiger partial charge on any atom is 0.287 e. The first-order chi connectivity index (χ1) is 11.4. The maximum absolute atomic E-state index is 12.1. The third-order valence-electron chi connectivity index (χ3n) is 3.07. The smallest absolute Gasteiger partial charge is 0.287 e. The summed E-state index contributed by atoms with van der Waals surface area (Å²) in [7, 11) is 1.44. The minimum absolute atomic E-state index is 0.0102. The number of rotatable bonds is 6. The quantitative estimate of drug-likeness (QED) is 0.812. The molecule has 0 spiro atoms. The topological polar surface area (TPSA) is 97.4 Å². The van der Waals surface area contributed by atoms with Crippen LogP contribution in [0.15, 0.2) is 33.8 Å². The molecule has 0 bridgehead atoms. The van der Waals surface area contributed by atoms with E-state index in [4.69, 9.17) is 27.6 Å². The third-order valence-corrected chi connectivity index (χ3v) is 3.82. The number of likely N-dealkylation sites (N-methyl/N-ethyl adjacent to an activating group) is 1. The number of amides is 2. The van der Waals surface area contributed by atoms with E-state index in [-0.39, 0.29) is 35.6 Å². The Hall–Kier alpha value is -2.32. The number of halogens is 2. The van der Waals surface area contributed by atoms with Gasteiger partial charge in [0.15, 0.2) is 0 Å². The van der Waals surface area contributed by atoms with Crippen LogP contribution in [-0.4, -0.2) is 40.1 Å². The van der Waals surface area contributed by atoms with E-state index < -0.39 is 11.5 Å². The lowest BCUT2D eigenvalue weighted by atomic mass is 10.4. The van der Waals surface area contributed by atoms with Gasteiger partial charge in [0, 0.05) is 7.05 Å². The van der Waals surface area contributed by atoms with E-state index >= 15 is 0 Å². The van der Waals surface area contributed by atoms with E-state index in [0.29, 0.717) is 5.76 Å². The Labute approximate surface area is 146 Å². The molecule has 8 nitrogen and oxygen atoms in total. The zero-order valence-electron chi connectivity index (χ0n) is 12.7. The highest BCUT2D eigenvalue weighted by Gasteiger charge is 2.16. The SMILES string of the molecule is CN(CC(=O)NCc1ccco1)C(=O)Cn1ncc(Cl)c(Cl)c1=O. The van der Waals surface area contributed by atoms with Gasteiger partial charge in [0.25, 0.3) is 5.56 Å². The maximum atomic E-state index is 12.1. The lowest BCUT2D eigenvalue weighted by molar-refractivity contribution is -0.135. The van der Waals surface area contributed by atoms with Gasteiger partial charge in [0.2, 0.25) is 11.8 Å². The number of furan rings is 1. The standard InChI is InChI=1S/C14H14Cl2N4O4/c1-19(7-11(21)17-5-9-3-2-4-24-9)12(22)8-20-14(23)13(16)10(15)6-18-20/h2-4,6H,5,7-8H2,1H3,(H,17,21). The van der Waals surface area contributed by atoms with E-state index in [2.05, 4.69) is 10.4 Å². The second-order valence-electron chi connectivity index (χ2n) is 4.88. The van der Waals surface area contributed by atoms with Gasteiger partial charge in [0.05, 0.1) is 30.6 Å². The molecule has 0 aromatic carbocycles. The number of carbonyl (C=O) groups excluding carboxylic acids is 2. The summed E-state index contributed by atoms with van der Waals surface area (Å²) in [5.74, 6) is -0.239. The van der Waals surface area contributed by atoms with Gasteiger partial charge in [-0.2, -0.15) is 5.10 Å². The molecule has 0 radical (unpaired) electrons. The minimum Gasteiger partial charge on any atom is -0.467 e. The van der Waals surface area contributed by atoms with Crippen LogP contribution in [0.4, 0.5) is 0 Å². The molecule has 10 heteroatoms. The minimum atomic E-state index is -0.673. The van der Waals surface area contributed by atoms with Crippen molar-refractivity contribution in [1.82, 2.24) is 20.0 Å². The van der Waals surface area contributed by atoms with Crippen LogP contribution in [0.1, 0.15) is 5.76 Å². The van der Waals surface area contributed by atoms with Crippen LogP contribution in [0.25, 0.3) is 0 Å². The molecule has 24 heavy (non-hydrogen) atoms. The zero-order chi connectivity index (χ0) is 17.7. The number of hydrogen-bond acceptors (Lipinski definition) is 5. The van der Waals surface area contributed by atoms with Crippen molar-refractivity contribution >= 4 is 35.0 Å². The molecule has 0 saturated carbocycles. The van der Waals surface area contributed by atoms with Crippen LogP contribution < -0.4 is 10.9 Å². The van der Waals surface area contributed by atoms with Gasteiger partial charge >= 0.3 is 0 Å². The highest BCUT2D eigenvalue weighted by molar-refractivity contribution is 6.41. The molecule has 0 aliphatic rings. The molecule has 128 valence electrons. The molecule has 2 aromatic rings. The van der Waals surface area contributed by atoms with Crippen molar-refractivity contribution in [3.05, 3.63) is 50.8 Å². The normalized spacial score (nSPS) is 10.5. The highest BCUT2D eigenvalue weighted by atomic mass is 35.5. The zero-order valence-corrected chi connectivity index (χ0v) is 14.2. The summed E-state index contributed by atoms with van der Waals surface area (Å²) >= 11 is 11.4. The van der Waals surface area contributed by atoms with Crippen LogP contribution in [0.3, 0.4) is 0 Å². The largest absolute Gasteiger partial charge is 0.467 e. The van der Waals surface area contributed by atoms with Crippen LogP contribution in [0, 0.1) is 0 Å². The Morgan fingerprint density at radius 2 is 2.17 bits per heavy atom. The fourth-order valence-electron chi connectivity index (χ4n) is 1.76. The molecule has 2 amide bonds. The molecule has 2 heterocycles. The second kappa shape index (κ2) is 7.98. The number of nitrogens with one attached hydrogen (secondary N) is 1. The molecule has 0 saturated heterocycles. The van der Waals surface area contributed by atoms with Gasteiger partial charge < -0.3 is 14.6 Å². The van der Waals surface area contributed by atoms with Crippen molar-refractivity contribution in [2.24, 2.45) is 0 Å². The van der Waals surface area contributed by atoms with Gasteiger partial charge in [-0.3, -0.25) is 14.4 Å². The van der Waals surface area contributed by atoms with E-state index in [9.17, 15) is 14.4 Å². The van der Waals surface area contributed by atoms with Crippen LogP contribution in [0.5, 0.6) is 0 Å². The van der Waals surface area contributed by atoms with Crippen LogP contribution in [0.2, 0.25) is 10.0 Å². The van der Waals surface area contributed by atoms with Crippen LogP contribution >= 0.6 is 23.2 Å². The number of nitrogens with zero attached hydrogens (tertiary/aromatic N) is 3. The Kier molecular flexibility index (Phi) is 5.99. The van der Waals surface area contributed by atoms with E-state index in [1.165, 1.54) is 24.4 Å². The summed E-state index contributed by atoms with van der Waals surface area (Å²) in [6.07, 6.45) is 2.67. The summed E-state index contributed by atoms with van der Waals surface area (Å²) in [5.41, 5.74) is -0.673. The van der Waals surface area contributed by atoms with Gasteiger partial charge in [-0.25, -0.2) is 4.68 Å². The lowest BCUT2D eigenvalue weighted by Gasteiger charge is -2.17. The van der Waals surface area contributed by atoms with Gasteiger partial charge in [-0.15, -0.1) is 0 Å². The van der Waals surface area contributed by atoms with E-state index in [1.54, 1.807) is 12.1 Å². The molecular weight excluding hydrogens is 359 g/mol. The molecule has 2 aromatic heterocycles. The first-order valence-corrected chi connectivity index (χ1v) is 7.58. The summed E-state index contributed by atoms with van der Waals surface area (Å²) < 4.78 is 5.97. The van der Waals surface area contributed by atoms with Crippen molar-refractivity contribution in [3.63, 3.8) is 0 Å². The van der Waals surface area contributed by atoms with Crippen LogP contribution in [-0.2, 0) is 22.7 Å². The fourth-order valence-corrected chi connectivity index (χ4v) is 2.04. The summed E-state index contributed by atoms with van der Waals surface area (Å²) in [5, 5.41) is 6.15. The molecule has 0 atom stereocenters. The first kappa shape index (κ1) is 18.0. The van der Waals surface area contributed by atoms with Gasteiger partial charge in [-0.05, 0) is 12.1 Å². The van der Waals surface area contributed by atoms with E-state index in [0.717, 1.165) is 4.68 Å².